The summed E-state index contributed by atoms with van der Waals surface area (Å²) in [5.41, 5.74) is 4.62. The van der Waals surface area contributed by atoms with Crippen molar-refractivity contribution in [3.8, 4) is 11.3 Å². The predicted molar refractivity (Wildman–Crippen MR) is 136 cm³/mol. The van der Waals surface area contributed by atoms with Gasteiger partial charge < -0.3 is 10.8 Å². The summed E-state index contributed by atoms with van der Waals surface area (Å²) >= 11 is 0. The van der Waals surface area contributed by atoms with Crippen molar-refractivity contribution in [1.29, 1.82) is 0 Å². The largest absolute Gasteiger partial charge is 0.481 e. The average molecular weight is 526 g/mol. The number of rotatable bonds is 7. The van der Waals surface area contributed by atoms with Crippen LogP contribution in [0.4, 0.5) is 13.2 Å². The lowest BCUT2D eigenvalue weighted by Gasteiger charge is -2.32. The van der Waals surface area contributed by atoms with E-state index >= 15 is 8.78 Å². The van der Waals surface area contributed by atoms with Crippen molar-refractivity contribution in [3.63, 3.8) is 0 Å². The molecule has 3 atom stereocenters. The minimum absolute atomic E-state index is 0.0686. The molecule has 9 heteroatoms. The SMILES string of the molecule is C[C@@H]1C[C@H](N)C[C@H](c2ccncc2CC(=O)c2ccc(F)c(-c3c(F)cc(C(C)(C)C(=O)O)cc3F)n2)C1. The normalized spacial score (nSPS) is 19.8. The standard InChI is InChI=1S/C29H30F3N3O3/c1-15-8-16(10-19(33)9-15)20-6-7-34-14-17(20)11-25(36)24-5-4-21(30)27(35-24)26-22(31)12-18(13-23(26)32)29(2,3)28(37)38/h4-7,12-16,19H,8-11,33H2,1-3H3,(H,37,38)/t15-,16+,19-/m0/s1. The van der Waals surface area contributed by atoms with Crippen LogP contribution in [-0.4, -0.2) is 32.9 Å². The molecule has 0 spiro atoms. The van der Waals surface area contributed by atoms with Gasteiger partial charge in [0.25, 0.3) is 0 Å². The maximum Gasteiger partial charge on any atom is 0.313 e. The number of carboxylic acids is 1. The number of halogens is 3. The number of Topliss-reactive ketones (excluding diaryl/α,β-unsaturated/α-hetero) is 1. The molecule has 2 heterocycles. The van der Waals surface area contributed by atoms with Gasteiger partial charge in [0.1, 0.15) is 28.8 Å². The number of nitrogens with two attached hydrogens (primary N) is 1. The Labute approximate surface area is 219 Å². The molecule has 3 aromatic rings. The van der Waals surface area contributed by atoms with Gasteiger partial charge in [-0.05, 0) is 92.0 Å². The van der Waals surface area contributed by atoms with Gasteiger partial charge in [-0.25, -0.2) is 18.2 Å². The number of pyridine rings is 2. The monoisotopic (exact) mass is 525 g/mol. The van der Waals surface area contributed by atoms with E-state index in [1.54, 1.807) is 12.4 Å². The molecular weight excluding hydrogens is 495 g/mol. The van der Waals surface area contributed by atoms with Crippen LogP contribution in [0.5, 0.6) is 0 Å². The maximum absolute atomic E-state index is 15.0. The van der Waals surface area contributed by atoms with Crippen molar-refractivity contribution in [1.82, 2.24) is 9.97 Å². The summed E-state index contributed by atoms with van der Waals surface area (Å²) in [6.45, 7) is 4.75. The third-order valence-corrected chi connectivity index (χ3v) is 7.38. The van der Waals surface area contributed by atoms with Crippen LogP contribution >= 0.6 is 0 Å². The second kappa shape index (κ2) is 10.6. The molecule has 4 rings (SSSR count). The number of carboxylic acid groups (broad SMARTS) is 1. The number of ketones is 1. The van der Waals surface area contributed by atoms with E-state index in [1.165, 1.54) is 19.9 Å². The fourth-order valence-corrected chi connectivity index (χ4v) is 5.21. The molecular formula is C29H30F3N3O3. The van der Waals surface area contributed by atoms with Gasteiger partial charge in [-0.2, -0.15) is 0 Å². The van der Waals surface area contributed by atoms with Crippen molar-refractivity contribution in [3.05, 3.63) is 82.6 Å². The molecule has 1 aliphatic carbocycles. The highest BCUT2D eigenvalue weighted by Gasteiger charge is 2.32. The Kier molecular flexibility index (Phi) is 7.69. The molecule has 0 unspecified atom stereocenters. The molecule has 2 aromatic heterocycles. The number of aromatic nitrogens is 2. The fraction of sp³-hybridized carbons (Fsp3) is 0.379. The molecule has 3 N–H and O–H groups in total. The van der Waals surface area contributed by atoms with Crippen LogP contribution in [0.1, 0.15) is 73.1 Å². The smallest absolute Gasteiger partial charge is 0.313 e. The zero-order chi connectivity index (χ0) is 27.8. The molecule has 0 radical (unpaired) electrons. The molecule has 0 aliphatic heterocycles. The summed E-state index contributed by atoms with van der Waals surface area (Å²) in [5.74, 6) is -4.49. The molecule has 1 aromatic carbocycles. The zero-order valence-corrected chi connectivity index (χ0v) is 21.5. The van der Waals surface area contributed by atoms with E-state index in [0.29, 0.717) is 11.5 Å². The van der Waals surface area contributed by atoms with Crippen LogP contribution in [0, 0.1) is 23.4 Å². The number of carbonyl (C=O) groups is 2. The van der Waals surface area contributed by atoms with Gasteiger partial charge in [-0.3, -0.25) is 14.6 Å². The van der Waals surface area contributed by atoms with Gasteiger partial charge in [0, 0.05) is 24.9 Å². The second-order valence-corrected chi connectivity index (χ2v) is 10.7. The first-order valence-corrected chi connectivity index (χ1v) is 12.5. The van der Waals surface area contributed by atoms with Crippen LogP contribution in [-0.2, 0) is 16.6 Å². The molecule has 0 saturated heterocycles. The number of benzene rings is 1. The van der Waals surface area contributed by atoms with Crippen LogP contribution in [0.3, 0.4) is 0 Å². The summed E-state index contributed by atoms with van der Waals surface area (Å²) in [5, 5.41) is 9.39. The van der Waals surface area contributed by atoms with Crippen molar-refractivity contribution < 1.29 is 27.9 Å². The minimum Gasteiger partial charge on any atom is -0.481 e. The highest BCUT2D eigenvalue weighted by molar-refractivity contribution is 5.96. The van der Waals surface area contributed by atoms with Crippen LogP contribution in [0.25, 0.3) is 11.3 Å². The number of hydrogen-bond donors (Lipinski definition) is 2. The van der Waals surface area contributed by atoms with Crippen molar-refractivity contribution >= 4 is 11.8 Å². The fourth-order valence-electron chi connectivity index (χ4n) is 5.21. The van der Waals surface area contributed by atoms with Gasteiger partial charge in [0.15, 0.2) is 5.78 Å². The molecule has 1 saturated carbocycles. The molecule has 0 bridgehead atoms. The van der Waals surface area contributed by atoms with Gasteiger partial charge in [0.05, 0.1) is 11.0 Å². The van der Waals surface area contributed by atoms with E-state index in [-0.39, 0.29) is 29.6 Å². The first kappa shape index (κ1) is 27.4. The van der Waals surface area contributed by atoms with E-state index in [4.69, 9.17) is 5.73 Å². The summed E-state index contributed by atoms with van der Waals surface area (Å²) < 4.78 is 44.8. The zero-order valence-electron chi connectivity index (χ0n) is 21.5. The number of carbonyl (C=O) groups excluding carboxylic acids is 1. The van der Waals surface area contributed by atoms with E-state index in [0.717, 1.165) is 43.0 Å². The molecule has 1 aliphatic rings. The lowest BCUT2D eigenvalue weighted by Crippen LogP contribution is -2.31. The predicted octanol–water partition coefficient (Wildman–Crippen LogP) is 5.58. The Hall–Kier alpha value is -3.59. The van der Waals surface area contributed by atoms with Gasteiger partial charge >= 0.3 is 5.97 Å². The van der Waals surface area contributed by atoms with Gasteiger partial charge in [-0.15, -0.1) is 0 Å². The minimum atomic E-state index is -1.58. The Morgan fingerprint density at radius 2 is 1.74 bits per heavy atom. The average Bonchev–Trinajstić information content (AvgIpc) is 2.84. The first-order valence-electron chi connectivity index (χ1n) is 12.5. The highest BCUT2D eigenvalue weighted by atomic mass is 19.1. The van der Waals surface area contributed by atoms with E-state index in [1.807, 2.05) is 6.07 Å². The molecule has 0 amide bonds. The molecule has 200 valence electrons. The van der Waals surface area contributed by atoms with Crippen molar-refractivity contribution in [2.45, 2.75) is 63.8 Å². The summed E-state index contributed by atoms with van der Waals surface area (Å²) in [6, 6.07) is 5.76. The Balaban J connectivity index is 1.66. The molecule has 38 heavy (non-hydrogen) atoms. The van der Waals surface area contributed by atoms with Crippen LogP contribution in [0.15, 0.2) is 42.7 Å². The molecule has 6 nitrogen and oxygen atoms in total. The van der Waals surface area contributed by atoms with Gasteiger partial charge in [0.2, 0.25) is 0 Å². The quantitative estimate of drug-likeness (QED) is 0.390. The lowest BCUT2D eigenvalue weighted by atomic mass is 9.75. The third-order valence-electron chi connectivity index (χ3n) is 7.38. The Bertz CT molecular complexity index is 1360. The number of nitrogens with zero attached hydrogens (tertiary/aromatic N) is 2. The van der Waals surface area contributed by atoms with E-state index < -0.39 is 45.9 Å². The van der Waals surface area contributed by atoms with Gasteiger partial charge in [-0.1, -0.05) is 6.92 Å². The Morgan fingerprint density at radius 1 is 1.05 bits per heavy atom. The summed E-state index contributed by atoms with van der Waals surface area (Å²) in [6.07, 6.45) is 5.89. The van der Waals surface area contributed by atoms with Crippen LogP contribution < -0.4 is 5.73 Å². The summed E-state index contributed by atoms with van der Waals surface area (Å²) in [4.78, 5) is 32.9. The van der Waals surface area contributed by atoms with E-state index in [9.17, 15) is 19.1 Å². The number of hydrogen-bond acceptors (Lipinski definition) is 5. The Morgan fingerprint density at radius 3 is 2.37 bits per heavy atom. The topological polar surface area (TPSA) is 106 Å². The second-order valence-electron chi connectivity index (χ2n) is 10.7. The maximum atomic E-state index is 15.0. The van der Waals surface area contributed by atoms with Crippen molar-refractivity contribution in [2.24, 2.45) is 11.7 Å². The van der Waals surface area contributed by atoms with E-state index in [2.05, 4.69) is 16.9 Å². The van der Waals surface area contributed by atoms with Crippen LogP contribution in [0.2, 0.25) is 0 Å². The lowest BCUT2D eigenvalue weighted by molar-refractivity contribution is -0.142. The van der Waals surface area contributed by atoms with Crippen molar-refractivity contribution in [2.75, 3.05) is 0 Å². The number of aliphatic carboxylic acids is 1. The first-order chi connectivity index (χ1) is 17.9. The molecule has 1 fully saturated rings. The third kappa shape index (κ3) is 5.48. The summed E-state index contributed by atoms with van der Waals surface area (Å²) in [7, 11) is 0. The highest BCUT2D eigenvalue weighted by Crippen LogP contribution is 2.37.